The Morgan fingerprint density at radius 1 is 1.50 bits per heavy atom. The van der Waals surface area contributed by atoms with Gasteiger partial charge in [-0.25, -0.2) is 0 Å². The number of aliphatic hydroxyl groups is 1. The lowest BCUT2D eigenvalue weighted by molar-refractivity contribution is -0.138. The summed E-state index contributed by atoms with van der Waals surface area (Å²) in [5.74, 6) is -0.819. The summed E-state index contributed by atoms with van der Waals surface area (Å²) >= 11 is 0.877. The van der Waals surface area contributed by atoms with Crippen molar-refractivity contribution in [3.8, 4) is 5.75 Å². The highest BCUT2D eigenvalue weighted by atomic mass is 32.2. The molecule has 0 saturated carbocycles. The van der Waals surface area contributed by atoms with Crippen molar-refractivity contribution in [2.24, 2.45) is 10.7 Å². The number of hydrogen-bond acceptors (Lipinski definition) is 6. The molecule has 0 bridgehead atoms. The van der Waals surface area contributed by atoms with Crippen LogP contribution in [0.2, 0.25) is 0 Å². The Balaban J connectivity index is 2.11. The van der Waals surface area contributed by atoms with Gasteiger partial charge < -0.3 is 20.9 Å². The van der Waals surface area contributed by atoms with Crippen LogP contribution in [-0.2, 0) is 15.2 Å². The van der Waals surface area contributed by atoms with E-state index < -0.39 is 22.7 Å². The third kappa shape index (κ3) is 1.61. The summed E-state index contributed by atoms with van der Waals surface area (Å²) < 4.78 is 5.08. The number of methoxy groups -OCH3 is 1. The van der Waals surface area contributed by atoms with Crippen LogP contribution < -0.4 is 15.8 Å². The first-order chi connectivity index (χ1) is 9.46. The summed E-state index contributed by atoms with van der Waals surface area (Å²) in [5.41, 5.74) is 4.22. The number of carbonyl (C=O) groups is 2. The number of benzene rings is 1. The summed E-state index contributed by atoms with van der Waals surface area (Å²) in [6.07, 6.45) is 0. The molecule has 1 aromatic carbocycles. The topological polar surface area (TPSA) is 114 Å². The van der Waals surface area contributed by atoms with Crippen molar-refractivity contribution < 1.29 is 19.4 Å². The SMILES string of the molecule is COc1ccc2c(c1)[C@](O)([C@H]1SC(N)=NC1=O)C(=O)N2. The molecule has 2 amide bonds. The van der Waals surface area contributed by atoms with Crippen molar-refractivity contribution in [2.75, 3.05) is 12.4 Å². The minimum absolute atomic E-state index is 0.0394. The van der Waals surface area contributed by atoms with Crippen LogP contribution in [0.4, 0.5) is 5.69 Å². The first-order valence-corrected chi connectivity index (χ1v) is 6.61. The molecular weight excluding hydrogens is 282 g/mol. The van der Waals surface area contributed by atoms with Crippen LogP contribution >= 0.6 is 11.8 Å². The number of anilines is 1. The van der Waals surface area contributed by atoms with Crippen molar-refractivity contribution in [3.05, 3.63) is 23.8 Å². The number of carbonyl (C=O) groups excluding carboxylic acids is 2. The lowest BCUT2D eigenvalue weighted by Gasteiger charge is -2.25. The number of fused-ring (bicyclic) bond motifs is 1. The van der Waals surface area contributed by atoms with E-state index in [0.29, 0.717) is 11.4 Å². The van der Waals surface area contributed by atoms with E-state index in [2.05, 4.69) is 10.3 Å². The second-order valence-corrected chi connectivity index (χ2v) is 5.54. The normalized spacial score (nSPS) is 28.1. The number of rotatable bonds is 2. The van der Waals surface area contributed by atoms with E-state index in [9.17, 15) is 14.7 Å². The number of amides is 2. The smallest absolute Gasteiger partial charge is 0.265 e. The maximum absolute atomic E-state index is 12.1. The third-order valence-electron chi connectivity index (χ3n) is 3.29. The Kier molecular flexibility index (Phi) is 2.73. The molecule has 20 heavy (non-hydrogen) atoms. The van der Waals surface area contributed by atoms with Crippen molar-refractivity contribution in [1.82, 2.24) is 0 Å². The van der Waals surface area contributed by atoms with Gasteiger partial charge in [-0.1, -0.05) is 11.8 Å². The minimum atomic E-state index is -2.00. The van der Waals surface area contributed by atoms with Crippen LogP contribution in [0.15, 0.2) is 23.2 Å². The molecule has 1 aromatic rings. The average Bonchev–Trinajstić information content (AvgIpc) is 2.88. The second-order valence-electron chi connectivity index (χ2n) is 4.42. The Morgan fingerprint density at radius 3 is 2.85 bits per heavy atom. The lowest BCUT2D eigenvalue weighted by Crippen LogP contribution is -2.46. The fourth-order valence-corrected chi connectivity index (χ4v) is 3.25. The lowest BCUT2D eigenvalue weighted by atomic mass is 9.91. The monoisotopic (exact) mass is 293 g/mol. The first-order valence-electron chi connectivity index (χ1n) is 5.74. The minimum Gasteiger partial charge on any atom is -0.497 e. The van der Waals surface area contributed by atoms with Crippen LogP contribution in [-0.4, -0.2) is 34.4 Å². The second kappa shape index (κ2) is 4.22. The molecule has 0 aliphatic carbocycles. The Bertz CT molecular complexity index is 660. The maximum atomic E-state index is 12.1. The number of amidine groups is 1. The van der Waals surface area contributed by atoms with Crippen molar-refractivity contribution >= 4 is 34.4 Å². The Labute approximate surface area is 118 Å². The fourth-order valence-electron chi connectivity index (χ4n) is 2.30. The predicted octanol–water partition coefficient (Wildman–Crippen LogP) is -0.208. The van der Waals surface area contributed by atoms with E-state index in [0.717, 1.165) is 11.8 Å². The molecule has 0 saturated heterocycles. The molecule has 7 nitrogen and oxygen atoms in total. The van der Waals surface area contributed by atoms with E-state index in [1.165, 1.54) is 13.2 Å². The molecule has 104 valence electrons. The van der Waals surface area contributed by atoms with Gasteiger partial charge in [0.05, 0.1) is 7.11 Å². The quantitative estimate of drug-likeness (QED) is 0.695. The number of hydrogen-bond donors (Lipinski definition) is 3. The van der Waals surface area contributed by atoms with Crippen LogP contribution in [0.5, 0.6) is 5.75 Å². The van der Waals surface area contributed by atoms with Crippen LogP contribution in [0, 0.1) is 0 Å². The molecular formula is C12H11N3O4S. The van der Waals surface area contributed by atoms with E-state index in [1.54, 1.807) is 12.1 Å². The number of nitrogens with one attached hydrogen (secondary N) is 1. The molecule has 2 aliphatic rings. The zero-order valence-corrected chi connectivity index (χ0v) is 11.2. The van der Waals surface area contributed by atoms with E-state index >= 15 is 0 Å². The molecule has 8 heteroatoms. The van der Waals surface area contributed by atoms with Gasteiger partial charge in [-0.3, -0.25) is 9.59 Å². The van der Waals surface area contributed by atoms with Gasteiger partial charge in [0.2, 0.25) is 0 Å². The molecule has 0 fully saturated rings. The van der Waals surface area contributed by atoms with Crippen LogP contribution in [0.1, 0.15) is 5.56 Å². The largest absolute Gasteiger partial charge is 0.497 e. The van der Waals surface area contributed by atoms with Gasteiger partial charge >= 0.3 is 0 Å². The molecule has 2 aliphatic heterocycles. The van der Waals surface area contributed by atoms with E-state index in [4.69, 9.17) is 10.5 Å². The number of nitrogens with two attached hydrogens (primary N) is 1. The first kappa shape index (κ1) is 12.9. The van der Waals surface area contributed by atoms with Gasteiger partial charge in [-0.2, -0.15) is 4.99 Å². The van der Waals surface area contributed by atoms with E-state index in [1.807, 2.05) is 0 Å². The molecule has 2 atom stereocenters. The van der Waals surface area contributed by atoms with Gasteiger partial charge in [0.15, 0.2) is 10.8 Å². The summed E-state index contributed by atoms with van der Waals surface area (Å²) in [6.45, 7) is 0. The van der Waals surface area contributed by atoms with Crippen LogP contribution in [0.3, 0.4) is 0 Å². The molecule has 0 aromatic heterocycles. The number of nitrogens with zero attached hydrogens (tertiary/aromatic N) is 1. The van der Waals surface area contributed by atoms with Crippen molar-refractivity contribution in [2.45, 2.75) is 10.9 Å². The Morgan fingerprint density at radius 2 is 2.25 bits per heavy atom. The van der Waals surface area contributed by atoms with Crippen molar-refractivity contribution in [3.63, 3.8) is 0 Å². The molecule has 2 heterocycles. The van der Waals surface area contributed by atoms with Gasteiger partial charge in [0.25, 0.3) is 11.8 Å². The molecule has 4 N–H and O–H groups in total. The zero-order chi connectivity index (χ0) is 14.5. The van der Waals surface area contributed by atoms with Crippen molar-refractivity contribution in [1.29, 1.82) is 0 Å². The predicted molar refractivity (Wildman–Crippen MR) is 73.5 cm³/mol. The Hall–Kier alpha value is -2.06. The molecule has 0 spiro atoms. The molecule has 0 unspecified atom stereocenters. The summed E-state index contributed by atoms with van der Waals surface area (Å²) in [7, 11) is 1.47. The standard InChI is InChI=1S/C12H11N3O4S/c1-19-5-2-3-7-6(4-5)12(18,10(17)14-7)8-9(16)15-11(13)20-8/h2-4,8,18H,1H3,(H,14,17)(H2,13,15,16)/t8-,12-/m0/s1. The average molecular weight is 293 g/mol. The highest BCUT2D eigenvalue weighted by molar-refractivity contribution is 8.15. The summed E-state index contributed by atoms with van der Waals surface area (Å²) in [6, 6.07) is 4.78. The molecule has 0 radical (unpaired) electrons. The number of ether oxygens (including phenoxy) is 1. The number of thioether (sulfide) groups is 1. The molecule has 3 rings (SSSR count). The van der Waals surface area contributed by atoms with Gasteiger partial charge in [0, 0.05) is 11.3 Å². The van der Waals surface area contributed by atoms with Gasteiger partial charge in [-0.05, 0) is 18.2 Å². The van der Waals surface area contributed by atoms with Gasteiger partial charge in [0.1, 0.15) is 11.0 Å². The number of aliphatic imine (C=N–C) groups is 1. The fraction of sp³-hybridized carbons (Fsp3) is 0.250. The maximum Gasteiger partial charge on any atom is 0.265 e. The van der Waals surface area contributed by atoms with Crippen LogP contribution in [0.25, 0.3) is 0 Å². The summed E-state index contributed by atoms with van der Waals surface area (Å²) in [4.78, 5) is 27.5. The highest BCUT2D eigenvalue weighted by Gasteiger charge is 2.56. The third-order valence-corrected chi connectivity index (χ3v) is 4.41. The highest BCUT2D eigenvalue weighted by Crippen LogP contribution is 2.45. The van der Waals surface area contributed by atoms with Gasteiger partial charge in [-0.15, -0.1) is 0 Å². The van der Waals surface area contributed by atoms with E-state index in [-0.39, 0.29) is 10.7 Å². The zero-order valence-electron chi connectivity index (χ0n) is 10.4. The summed E-state index contributed by atoms with van der Waals surface area (Å²) in [5, 5.41) is 12.3.